The van der Waals surface area contributed by atoms with Crippen molar-refractivity contribution in [2.24, 2.45) is 5.92 Å². The Kier molecular flexibility index (Phi) is 9.45. The van der Waals surface area contributed by atoms with Crippen molar-refractivity contribution in [1.29, 1.82) is 0 Å². The average Bonchev–Trinajstić information content (AvgIpc) is 3.30. The van der Waals surface area contributed by atoms with E-state index in [1.807, 2.05) is 36.1 Å². The van der Waals surface area contributed by atoms with Crippen molar-refractivity contribution in [3.8, 4) is 0 Å². The maximum Gasteiger partial charge on any atom is 0.253 e. The maximum absolute atomic E-state index is 12.8. The van der Waals surface area contributed by atoms with Crippen molar-refractivity contribution in [2.45, 2.75) is 39.7 Å². The van der Waals surface area contributed by atoms with Crippen LogP contribution in [0.5, 0.6) is 0 Å². The van der Waals surface area contributed by atoms with Crippen LogP contribution in [-0.2, 0) is 4.79 Å². The van der Waals surface area contributed by atoms with Crippen LogP contribution in [0.25, 0.3) is 0 Å². The van der Waals surface area contributed by atoms with Crippen LogP contribution in [0, 0.1) is 5.92 Å². The summed E-state index contributed by atoms with van der Waals surface area (Å²) in [5.41, 5.74) is 1.47. The molecule has 1 aromatic carbocycles. The van der Waals surface area contributed by atoms with Gasteiger partial charge in [-0.1, -0.05) is 13.8 Å². The van der Waals surface area contributed by atoms with Gasteiger partial charge in [0.15, 0.2) is 0 Å². The molecule has 0 unspecified atom stereocenters. The second kappa shape index (κ2) is 12.3. The number of anilines is 3. The number of nitrogens with one attached hydrogen (secondary N) is 3. The van der Waals surface area contributed by atoms with E-state index in [2.05, 4.69) is 53.8 Å². The zero-order valence-corrected chi connectivity index (χ0v) is 21.3. The fourth-order valence-corrected chi connectivity index (χ4v) is 4.78. The number of carbonyl (C=O) groups is 2. The van der Waals surface area contributed by atoms with E-state index in [4.69, 9.17) is 0 Å². The zero-order valence-electron chi connectivity index (χ0n) is 19.7. The average molecular weight is 547 g/mol. The Morgan fingerprint density at radius 3 is 2.51 bits per heavy atom. The van der Waals surface area contributed by atoms with Crippen LogP contribution >= 0.6 is 15.9 Å². The van der Waals surface area contributed by atoms with E-state index in [9.17, 15) is 9.59 Å². The predicted octanol–water partition coefficient (Wildman–Crippen LogP) is 3.72. The second-order valence-electron chi connectivity index (χ2n) is 8.87. The number of piperazine rings is 1. The van der Waals surface area contributed by atoms with Gasteiger partial charge in [0, 0.05) is 56.2 Å². The number of carbonyl (C=O) groups excluding carboxylic acids is 2. The molecule has 1 saturated carbocycles. The highest BCUT2D eigenvalue weighted by atomic mass is 79.9. The molecule has 2 fully saturated rings. The summed E-state index contributed by atoms with van der Waals surface area (Å²) < 4.78 is 0.743. The lowest BCUT2D eigenvalue weighted by molar-refractivity contribution is -0.124. The van der Waals surface area contributed by atoms with Crippen LogP contribution in [0.2, 0.25) is 0 Å². The van der Waals surface area contributed by atoms with Crippen LogP contribution in [0.3, 0.4) is 0 Å². The molecule has 1 aliphatic carbocycles. The largest absolute Gasteiger partial charge is 0.365 e. The van der Waals surface area contributed by atoms with E-state index in [1.54, 1.807) is 6.20 Å². The van der Waals surface area contributed by atoms with Gasteiger partial charge in [-0.25, -0.2) is 4.98 Å². The molecule has 2 atom stereocenters. The molecule has 1 saturated heterocycles. The lowest BCUT2D eigenvalue weighted by Crippen LogP contribution is -2.47. The molecule has 2 aromatic rings. The Morgan fingerprint density at radius 2 is 1.83 bits per heavy atom. The number of halogens is 1. The van der Waals surface area contributed by atoms with Gasteiger partial charge in [0.1, 0.15) is 5.82 Å². The fourth-order valence-electron chi connectivity index (χ4n) is 4.47. The minimum atomic E-state index is -0.0661. The van der Waals surface area contributed by atoms with E-state index in [0.717, 1.165) is 55.6 Å². The van der Waals surface area contributed by atoms with Gasteiger partial charge in [-0.05, 0) is 67.0 Å². The van der Waals surface area contributed by atoms with Gasteiger partial charge in [0.25, 0.3) is 5.91 Å². The van der Waals surface area contributed by atoms with Crippen molar-refractivity contribution in [3.63, 3.8) is 0 Å². The van der Waals surface area contributed by atoms with E-state index in [1.165, 1.54) is 0 Å². The van der Waals surface area contributed by atoms with Crippen molar-refractivity contribution < 1.29 is 9.59 Å². The van der Waals surface area contributed by atoms with Gasteiger partial charge >= 0.3 is 0 Å². The van der Waals surface area contributed by atoms with E-state index in [0.29, 0.717) is 23.9 Å². The molecule has 1 aliphatic heterocycles. The molecule has 0 bridgehead atoms. The summed E-state index contributed by atoms with van der Waals surface area (Å²) in [7, 11) is 2.07. The molecule has 9 nitrogen and oxygen atoms in total. The molecular formula is C25H36BrN7O2. The number of likely N-dealkylation sites (N-methyl/N-ethyl adjacent to an activating group) is 1. The first-order valence-corrected chi connectivity index (χ1v) is 12.7. The number of rotatable bonds is 7. The normalized spacial score (nSPS) is 20.1. The predicted molar refractivity (Wildman–Crippen MR) is 143 cm³/mol. The van der Waals surface area contributed by atoms with Gasteiger partial charge in [-0.3, -0.25) is 9.59 Å². The van der Waals surface area contributed by atoms with Crippen LogP contribution in [-0.4, -0.2) is 77.4 Å². The van der Waals surface area contributed by atoms with Gasteiger partial charge in [-0.2, -0.15) is 4.98 Å². The highest BCUT2D eigenvalue weighted by Crippen LogP contribution is 2.31. The molecule has 0 spiro atoms. The van der Waals surface area contributed by atoms with Gasteiger partial charge in [0.05, 0.1) is 10.4 Å². The molecule has 190 valence electrons. The topological polar surface area (TPSA) is 102 Å². The molecule has 2 heterocycles. The van der Waals surface area contributed by atoms with Gasteiger partial charge < -0.3 is 25.8 Å². The molecule has 35 heavy (non-hydrogen) atoms. The summed E-state index contributed by atoms with van der Waals surface area (Å²) in [6.07, 6.45) is 4.49. The van der Waals surface area contributed by atoms with Crippen LogP contribution in [0.15, 0.2) is 34.9 Å². The smallest absolute Gasteiger partial charge is 0.253 e. The third-order valence-corrected chi connectivity index (χ3v) is 7.03. The van der Waals surface area contributed by atoms with E-state index < -0.39 is 0 Å². The minimum absolute atomic E-state index is 0. The lowest BCUT2D eigenvalue weighted by atomic mass is 10.0. The molecule has 3 N–H and O–H groups in total. The van der Waals surface area contributed by atoms with Crippen molar-refractivity contribution >= 4 is 45.2 Å². The third kappa shape index (κ3) is 6.70. The zero-order chi connectivity index (χ0) is 24.1. The summed E-state index contributed by atoms with van der Waals surface area (Å²) >= 11 is 3.52. The number of hydrogen-bond donors (Lipinski definition) is 3. The molecule has 1 aromatic heterocycles. The summed E-state index contributed by atoms with van der Waals surface area (Å²) in [5.74, 6) is 1.18. The standard InChI is InChI=1S/C24H32BrN7O2.CH4/c1-3-26-22(33)18-5-4-6-20(18)29-21-19(25)15-27-24(30-21)28-17-9-7-16(8-10-17)23(34)32-13-11-31(2)12-14-32;/h7-10,15,18,20H,3-6,11-14H2,1-2H3,(H,26,33)(H2,27,28,29,30);1H4/t18-,20+;/m0./s1. The summed E-state index contributed by atoms with van der Waals surface area (Å²) in [4.78, 5) is 38.3. The third-order valence-electron chi connectivity index (χ3n) is 6.45. The van der Waals surface area contributed by atoms with E-state index in [-0.39, 0.29) is 31.2 Å². The molecule has 10 heteroatoms. The monoisotopic (exact) mass is 545 g/mol. The Morgan fingerprint density at radius 1 is 1.11 bits per heavy atom. The first-order valence-electron chi connectivity index (χ1n) is 11.9. The Hall–Kier alpha value is -2.72. The van der Waals surface area contributed by atoms with Gasteiger partial charge in [0.2, 0.25) is 11.9 Å². The summed E-state index contributed by atoms with van der Waals surface area (Å²) in [6.45, 7) is 5.86. The van der Waals surface area contributed by atoms with Crippen molar-refractivity contribution in [1.82, 2.24) is 25.1 Å². The van der Waals surface area contributed by atoms with Crippen molar-refractivity contribution in [2.75, 3.05) is 50.4 Å². The van der Waals surface area contributed by atoms with Crippen molar-refractivity contribution in [3.05, 3.63) is 40.5 Å². The molecule has 0 radical (unpaired) electrons. The Balaban J connectivity index is 0.00000342. The van der Waals surface area contributed by atoms with Crippen LogP contribution < -0.4 is 16.0 Å². The number of benzene rings is 1. The highest BCUT2D eigenvalue weighted by molar-refractivity contribution is 9.10. The highest BCUT2D eigenvalue weighted by Gasteiger charge is 2.33. The Bertz CT molecular complexity index is 1010. The number of aromatic nitrogens is 2. The molecule has 2 amide bonds. The molecule has 2 aliphatic rings. The van der Waals surface area contributed by atoms with Crippen LogP contribution in [0.4, 0.5) is 17.5 Å². The fraction of sp³-hybridized carbons (Fsp3) is 0.520. The number of amides is 2. The second-order valence-corrected chi connectivity index (χ2v) is 9.73. The molecule has 4 rings (SSSR count). The van der Waals surface area contributed by atoms with E-state index >= 15 is 0 Å². The quantitative estimate of drug-likeness (QED) is 0.487. The van der Waals surface area contributed by atoms with Crippen LogP contribution in [0.1, 0.15) is 44.0 Å². The molecular weight excluding hydrogens is 510 g/mol. The van der Waals surface area contributed by atoms with Gasteiger partial charge in [-0.15, -0.1) is 0 Å². The number of hydrogen-bond acceptors (Lipinski definition) is 7. The number of nitrogens with zero attached hydrogens (tertiary/aromatic N) is 4. The SMILES string of the molecule is C.CCNC(=O)[C@H]1CCC[C@H]1Nc1nc(Nc2ccc(C(=O)N3CCN(C)CC3)cc2)ncc1Br. The minimum Gasteiger partial charge on any atom is -0.365 e. The summed E-state index contributed by atoms with van der Waals surface area (Å²) in [5, 5.41) is 9.58. The summed E-state index contributed by atoms with van der Waals surface area (Å²) in [6, 6.07) is 7.42. The maximum atomic E-state index is 12.8. The Labute approximate surface area is 216 Å². The first-order chi connectivity index (χ1) is 16.4. The lowest BCUT2D eigenvalue weighted by Gasteiger charge is -2.32. The first kappa shape index (κ1) is 26.9.